The number of aliphatic imine (C=N–C) groups is 1. The first-order valence-corrected chi connectivity index (χ1v) is 5.48. The van der Waals surface area contributed by atoms with Gasteiger partial charge in [-0.3, -0.25) is 4.99 Å². The largest absolute Gasteiger partial charge is 0.308 e. The third-order valence-corrected chi connectivity index (χ3v) is 2.56. The third kappa shape index (κ3) is 2.82. The highest BCUT2D eigenvalue weighted by Gasteiger charge is 2.12. The fourth-order valence-electron chi connectivity index (χ4n) is 1.11. The molecule has 1 aromatic rings. The first kappa shape index (κ1) is 11.2. The van der Waals surface area contributed by atoms with E-state index in [1.54, 1.807) is 11.3 Å². The van der Waals surface area contributed by atoms with Gasteiger partial charge in [-0.25, -0.2) is 5.84 Å². The van der Waals surface area contributed by atoms with Gasteiger partial charge in [-0.15, -0.1) is 0 Å². The monoisotopic (exact) mass is 211 g/mol. The van der Waals surface area contributed by atoms with E-state index in [9.17, 15) is 0 Å². The van der Waals surface area contributed by atoms with Gasteiger partial charge < -0.3 is 5.43 Å². The Balaban J connectivity index is 3.05. The first-order chi connectivity index (χ1) is 6.44. The quantitative estimate of drug-likeness (QED) is 0.323. The predicted molar refractivity (Wildman–Crippen MR) is 62.7 cm³/mol. The minimum atomic E-state index is -0.115. The van der Waals surface area contributed by atoms with Crippen LogP contribution in [0.25, 0.3) is 0 Å². The van der Waals surface area contributed by atoms with Crippen LogP contribution in [0.3, 0.4) is 0 Å². The fourth-order valence-corrected chi connectivity index (χ4v) is 1.94. The van der Waals surface area contributed by atoms with Gasteiger partial charge in [0.15, 0.2) is 0 Å². The lowest BCUT2D eigenvalue weighted by Crippen LogP contribution is -2.33. The van der Waals surface area contributed by atoms with Crippen LogP contribution in [0.15, 0.2) is 15.8 Å². The molecule has 0 spiro atoms. The number of hydrogen-bond acceptors (Lipinski definition) is 3. The molecule has 0 aliphatic rings. The zero-order valence-electron chi connectivity index (χ0n) is 9.09. The summed E-state index contributed by atoms with van der Waals surface area (Å²) < 4.78 is 0. The van der Waals surface area contributed by atoms with Crippen molar-refractivity contribution in [1.82, 2.24) is 5.43 Å². The fraction of sp³-hybridized carbons (Fsp3) is 0.500. The van der Waals surface area contributed by atoms with Crippen molar-refractivity contribution in [2.45, 2.75) is 33.2 Å². The lowest BCUT2D eigenvalue weighted by Gasteiger charge is -2.15. The zero-order chi connectivity index (χ0) is 10.8. The second-order valence-corrected chi connectivity index (χ2v) is 4.99. The van der Waals surface area contributed by atoms with Gasteiger partial charge in [-0.1, -0.05) is 0 Å². The van der Waals surface area contributed by atoms with Crippen LogP contribution >= 0.6 is 11.3 Å². The number of rotatable bonds is 1. The lowest BCUT2D eigenvalue weighted by molar-refractivity contribution is 0.580. The first-order valence-electron chi connectivity index (χ1n) is 4.53. The van der Waals surface area contributed by atoms with Gasteiger partial charge >= 0.3 is 0 Å². The topological polar surface area (TPSA) is 50.4 Å². The molecule has 14 heavy (non-hydrogen) atoms. The molecule has 3 N–H and O–H groups in total. The number of thiophene rings is 1. The van der Waals surface area contributed by atoms with E-state index in [1.165, 1.54) is 5.56 Å². The van der Waals surface area contributed by atoms with Crippen molar-refractivity contribution in [3.05, 3.63) is 21.9 Å². The Bertz CT molecular complexity index is 333. The van der Waals surface area contributed by atoms with E-state index < -0.39 is 0 Å². The standard InChI is InChI=1S/C10H17N3S/c1-7-5-14-6-8(7)9(13-11)12-10(2,3)4/h5-6H,11H2,1-4H3,(H,12,13). The second-order valence-electron chi connectivity index (χ2n) is 4.24. The molecule has 0 aliphatic carbocycles. The van der Waals surface area contributed by atoms with E-state index in [0.29, 0.717) is 0 Å². The van der Waals surface area contributed by atoms with Crippen LogP contribution in [-0.4, -0.2) is 11.4 Å². The van der Waals surface area contributed by atoms with E-state index in [4.69, 9.17) is 5.84 Å². The van der Waals surface area contributed by atoms with Gasteiger partial charge in [-0.05, 0) is 38.6 Å². The molecule has 1 heterocycles. The summed E-state index contributed by atoms with van der Waals surface area (Å²) in [5.41, 5.74) is 4.84. The maximum absolute atomic E-state index is 5.46. The maximum Gasteiger partial charge on any atom is 0.144 e. The Hall–Kier alpha value is -0.870. The van der Waals surface area contributed by atoms with Gasteiger partial charge in [-0.2, -0.15) is 11.3 Å². The molecule has 0 radical (unpaired) electrons. The van der Waals surface area contributed by atoms with Crippen LogP contribution in [0.2, 0.25) is 0 Å². The molecule has 0 bridgehead atoms. The number of hydrogen-bond donors (Lipinski definition) is 2. The highest BCUT2D eigenvalue weighted by atomic mass is 32.1. The van der Waals surface area contributed by atoms with Crippen molar-refractivity contribution in [3.8, 4) is 0 Å². The summed E-state index contributed by atoms with van der Waals surface area (Å²) >= 11 is 1.66. The predicted octanol–water partition coefficient (Wildman–Crippen LogP) is 2.06. The molecule has 0 aromatic carbocycles. The minimum absolute atomic E-state index is 0.115. The molecular formula is C10H17N3S. The number of hydrazine groups is 1. The Morgan fingerprint density at radius 2 is 2.07 bits per heavy atom. The number of nitrogens with one attached hydrogen (secondary N) is 1. The summed E-state index contributed by atoms with van der Waals surface area (Å²) in [5.74, 6) is 6.22. The van der Waals surface area contributed by atoms with Crippen LogP contribution in [-0.2, 0) is 0 Å². The molecule has 78 valence electrons. The molecule has 0 saturated heterocycles. The normalized spacial score (nSPS) is 13.1. The zero-order valence-corrected chi connectivity index (χ0v) is 9.90. The molecular weight excluding hydrogens is 194 g/mol. The SMILES string of the molecule is Cc1cscc1C(=NC(C)(C)C)NN. The average molecular weight is 211 g/mol. The molecule has 0 amide bonds. The minimum Gasteiger partial charge on any atom is -0.308 e. The highest BCUT2D eigenvalue weighted by molar-refractivity contribution is 7.08. The summed E-state index contributed by atoms with van der Waals surface area (Å²) in [7, 11) is 0. The molecule has 0 saturated carbocycles. The van der Waals surface area contributed by atoms with Crippen LogP contribution < -0.4 is 11.3 Å². The Labute approximate surface area is 89.0 Å². The van der Waals surface area contributed by atoms with Gasteiger partial charge in [0.25, 0.3) is 0 Å². The summed E-state index contributed by atoms with van der Waals surface area (Å²) in [6.07, 6.45) is 0. The Kier molecular flexibility index (Phi) is 3.29. The molecule has 0 atom stereocenters. The van der Waals surface area contributed by atoms with E-state index >= 15 is 0 Å². The average Bonchev–Trinajstić information content (AvgIpc) is 2.45. The van der Waals surface area contributed by atoms with Crippen molar-refractivity contribution in [1.29, 1.82) is 0 Å². The maximum atomic E-state index is 5.46. The molecule has 0 unspecified atom stereocenters. The molecule has 0 aliphatic heterocycles. The van der Waals surface area contributed by atoms with Crippen molar-refractivity contribution >= 4 is 17.2 Å². The van der Waals surface area contributed by atoms with Gasteiger partial charge in [0.2, 0.25) is 0 Å². The van der Waals surface area contributed by atoms with E-state index in [0.717, 1.165) is 11.4 Å². The number of nitrogens with zero attached hydrogens (tertiary/aromatic N) is 1. The van der Waals surface area contributed by atoms with Crippen LogP contribution in [0.5, 0.6) is 0 Å². The summed E-state index contributed by atoms with van der Waals surface area (Å²) in [6.45, 7) is 8.20. The Morgan fingerprint density at radius 1 is 1.43 bits per heavy atom. The smallest absolute Gasteiger partial charge is 0.144 e. The van der Waals surface area contributed by atoms with Crippen LogP contribution in [0, 0.1) is 6.92 Å². The van der Waals surface area contributed by atoms with Gasteiger partial charge in [0.05, 0.1) is 5.54 Å². The van der Waals surface area contributed by atoms with E-state index in [2.05, 4.69) is 28.1 Å². The summed E-state index contributed by atoms with van der Waals surface area (Å²) in [4.78, 5) is 4.52. The van der Waals surface area contributed by atoms with Crippen molar-refractivity contribution < 1.29 is 0 Å². The number of amidine groups is 1. The molecule has 1 aromatic heterocycles. The van der Waals surface area contributed by atoms with Crippen LogP contribution in [0.1, 0.15) is 31.9 Å². The lowest BCUT2D eigenvalue weighted by atomic mass is 10.1. The van der Waals surface area contributed by atoms with E-state index in [-0.39, 0.29) is 5.54 Å². The summed E-state index contributed by atoms with van der Waals surface area (Å²) in [5, 5.41) is 4.14. The number of aryl methyl sites for hydroxylation is 1. The second kappa shape index (κ2) is 4.11. The highest BCUT2D eigenvalue weighted by Crippen LogP contribution is 2.16. The number of nitrogens with two attached hydrogens (primary N) is 1. The summed E-state index contributed by atoms with van der Waals surface area (Å²) in [6, 6.07) is 0. The Morgan fingerprint density at radius 3 is 2.43 bits per heavy atom. The molecule has 4 heteroatoms. The van der Waals surface area contributed by atoms with Gasteiger partial charge in [0, 0.05) is 10.9 Å². The van der Waals surface area contributed by atoms with Crippen molar-refractivity contribution in [2.24, 2.45) is 10.8 Å². The molecule has 0 fully saturated rings. The van der Waals surface area contributed by atoms with E-state index in [1.807, 2.05) is 20.8 Å². The third-order valence-electron chi connectivity index (χ3n) is 1.69. The molecule has 1 rings (SSSR count). The van der Waals surface area contributed by atoms with Gasteiger partial charge in [0.1, 0.15) is 5.84 Å². The van der Waals surface area contributed by atoms with Crippen molar-refractivity contribution in [3.63, 3.8) is 0 Å². The molecule has 3 nitrogen and oxygen atoms in total. The van der Waals surface area contributed by atoms with Crippen molar-refractivity contribution in [2.75, 3.05) is 0 Å². The van der Waals surface area contributed by atoms with Crippen LogP contribution in [0.4, 0.5) is 0 Å².